The molecule has 1 aromatic rings. The number of unbranched alkanes of at least 4 members (excludes halogenated alkanes) is 3. The number of rotatable bonds is 12. The summed E-state index contributed by atoms with van der Waals surface area (Å²) in [6.45, 7) is 2.75. The van der Waals surface area contributed by atoms with Crippen LogP contribution in [-0.2, 0) is 21.3 Å². The lowest BCUT2D eigenvalue weighted by Gasteiger charge is -2.41. The van der Waals surface area contributed by atoms with E-state index >= 15 is 0 Å². The number of aryl methyl sites for hydroxylation is 1. The molecule has 148 valence electrons. The standard InChI is InChI=1S/C18H29NO5S2/c1-14-6-9-17(25-14)13-16(20)8-7-15-12-18(21)19(15)10-4-2-3-5-11-26(22,23)24/h6,9,15-16,20H,2-5,7-8,10-13H2,1H3,(H,22,23,24)/t15-,16?/m0/s1. The monoisotopic (exact) mass is 403 g/mol. The van der Waals surface area contributed by atoms with Crippen molar-refractivity contribution in [3.8, 4) is 0 Å². The lowest BCUT2D eigenvalue weighted by molar-refractivity contribution is -0.146. The second kappa shape index (κ2) is 9.82. The molecule has 2 heterocycles. The molecular formula is C18H29NO5S2. The van der Waals surface area contributed by atoms with Gasteiger partial charge < -0.3 is 10.0 Å². The predicted molar refractivity (Wildman–Crippen MR) is 103 cm³/mol. The predicted octanol–water partition coefficient (Wildman–Crippen LogP) is 2.79. The molecule has 26 heavy (non-hydrogen) atoms. The quantitative estimate of drug-likeness (QED) is 0.318. The van der Waals surface area contributed by atoms with E-state index in [9.17, 15) is 18.3 Å². The van der Waals surface area contributed by atoms with Crippen molar-refractivity contribution in [2.45, 2.75) is 70.4 Å². The number of carbonyl (C=O) groups is 1. The van der Waals surface area contributed by atoms with Gasteiger partial charge in [0.25, 0.3) is 10.1 Å². The van der Waals surface area contributed by atoms with E-state index in [1.165, 1.54) is 9.75 Å². The summed E-state index contributed by atoms with van der Waals surface area (Å²) in [4.78, 5) is 16.1. The van der Waals surface area contributed by atoms with Gasteiger partial charge in [-0.05, 0) is 44.7 Å². The smallest absolute Gasteiger partial charge is 0.264 e. The maximum Gasteiger partial charge on any atom is 0.264 e. The molecule has 2 N–H and O–H groups in total. The molecule has 0 radical (unpaired) electrons. The Morgan fingerprint density at radius 2 is 2.00 bits per heavy atom. The summed E-state index contributed by atoms with van der Waals surface area (Å²) in [6, 6.07) is 4.35. The molecule has 0 aliphatic carbocycles. The van der Waals surface area contributed by atoms with Gasteiger partial charge in [-0.1, -0.05) is 12.8 Å². The molecule has 1 saturated heterocycles. The van der Waals surface area contributed by atoms with Crippen LogP contribution in [0.4, 0.5) is 0 Å². The summed E-state index contributed by atoms with van der Waals surface area (Å²) in [5.74, 6) is -0.0313. The first-order valence-electron chi connectivity index (χ1n) is 9.22. The average molecular weight is 404 g/mol. The first-order chi connectivity index (χ1) is 12.2. The summed E-state index contributed by atoms with van der Waals surface area (Å²) in [7, 11) is -3.86. The van der Waals surface area contributed by atoms with Crippen LogP contribution in [-0.4, -0.2) is 53.3 Å². The van der Waals surface area contributed by atoms with E-state index in [1.54, 1.807) is 11.3 Å². The molecule has 6 nitrogen and oxygen atoms in total. The van der Waals surface area contributed by atoms with Gasteiger partial charge >= 0.3 is 0 Å². The molecule has 0 aromatic carbocycles. The van der Waals surface area contributed by atoms with Crippen molar-refractivity contribution in [1.82, 2.24) is 4.90 Å². The summed E-state index contributed by atoms with van der Waals surface area (Å²) in [5, 5.41) is 10.2. The van der Waals surface area contributed by atoms with E-state index in [4.69, 9.17) is 4.55 Å². The third kappa shape index (κ3) is 7.34. The van der Waals surface area contributed by atoms with Gasteiger partial charge in [-0.3, -0.25) is 9.35 Å². The Balaban J connectivity index is 1.60. The van der Waals surface area contributed by atoms with Crippen LogP contribution in [0.1, 0.15) is 54.7 Å². The minimum atomic E-state index is -3.86. The Labute approximate surface area is 160 Å². The number of aliphatic hydroxyl groups excluding tert-OH is 1. The number of carbonyl (C=O) groups excluding carboxylic acids is 1. The Morgan fingerprint density at radius 3 is 2.62 bits per heavy atom. The number of amides is 1. The van der Waals surface area contributed by atoms with Crippen LogP contribution in [0.5, 0.6) is 0 Å². The molecule has 2 atom stereocenters. The maximum atomic E-state index is 11.8. The SMILES string of the molecule is Cc1ccc(CC(O)CC[C@H]2CC(=O)N2CCCCCCS(=O)(=O)O)s1. The van der Waals surface area contributed by atoms with Crippen LogP contribution in [0, 0.1) is 6.92 Å². The van der Waals surface area contributed by atoms with E-state index in [-0.39, 0.29) is 23.8 Å². The number of likely N-dealkylation sites (tertiary alicyclic amines) is 1. The molecule has 0 saturated carbocycles. The minimum Gasteiger partial charge on any atom is -0.393 e. The highest BCUT2D eigenvalue weighted by Gasteiger charge is 2.35. The van der Waals surface area contributed by atoms with Crippen LogP contribution in [0.15, 0.2) is 12.1 Å². The summed E-state index contributed by atoms with van der Waals surface area (Å²) >= 11 is 1.71. The molecule has 1 unspecified atom stereocenters. The molecule has 1 aliphatic rings. The molecule has 8 heteroatoms. The summed E-state index contributed by atoms with van der Waals surface area (Å²) < 4.78 is 30.0. The lowest BCUT2D eigenvalue weighted by Crippen LogP contribution is -2.53. The van der Waals surface area contributed by atoms with E-state index in [0.29, 0.717) is 32.2 Å². The molecular weight excluding hydrogens is 374 g/mol. The van der Waals surface area contributed by atoms with Gasteiger partial charge in [-0.15, -0.1) is 11.3 Å². The second-order valence-electron chi connectivity index (χ2n) is 7.09. The third-order valence-corrected chi connectivity index (χ3v) is 6.62. The van der Waals surface area contributed by atoms with Crippen LogP contribution in [0.3, 0.4) is 0 Å². The average Bonchev–Trinajstić information content (AvgIpc) is 2.94. The maximum absolute atomic E-state index is 11.8. The van der Waals surface area contributed by atoms with Gasteiger partial charge in [0.15, 0.2) is 0 Å². The van der Waals surface area contributed by atoms with Crippen molar-refractivity contribution >= 4 is 27.4 Å². The fraction of sp³-hybridized carbons (Fsp3) is 0.722. The number of hydrogen-bond donors (Lipinski definition) is 2. The molecule has 0 bridgehead atoms. The lowest BCUT2D eigenvalue weighted by atomic mass is 9.94. The van der Waals surface area contributed by atoms with Crippen molar-refractivity contribution in [1.29, 1.82) is 0 Å². The van der Waals surface area contributed by atoms with Crippen molar-refractivity contribution in [2.75, 3.05) is 12.3 Å². The van der Waals surface area contributed by atoms with Gasteiger partial charge in [-0.2, -0.15) is 8.42 Å². The highest BCUT2D eigenvalue weighted by Crippen LogP contribution is 2.26. The first-order valence-corrected chi connectivity index (χ1v) is 11.6. The Hall–Kier alpha value is -0.960. The fourth-order valence-corrected chi connectivity index (χ4v) is 4.85. The van der Waals surface area contributed by atoms with Crippen molar-refractivity contribution < 1.29 is 22.9 Å². The third-order valence-electron chi connectivity index (χ3n) is 4.79. The van der Waals surface area contributed by atoms with Crippen LogP contribution in [0.2, 0.25) is 0 Å². The zero-order valence-corrected chi connectivity index (χ0v) is 16.9. The number of aliphatic hydroxyl groups is 1. The first kappa shape index (κ1) is 21.3. The fourth-order valence-electron chi connectivity index (χ4n) is 3.32. The number of nitrogens with zero attached hydrogens (tertiary/aromatic N) is 1. The highest BCUT2D eigenvalue weighted by atomic mass is 32.2. The van der Waals surface area contributed by atoms with E-state index in [2.05, 4.69) is 19.1 Å². The van der Waals surface area contributed by atoms with Gasteiger partial charge in [0.2, 0.25) is 5.91 Å². The van der Waals surface area contributed by atoms with E-state index in [0.717, 1.165) is 25.7 Å². The highest BCUT2D eigenvalue weighted by molar-refractivity contribution is 7.85. The van der Waals surface area contributed by atoms with Gasteiger partial charge in [0.1, 0.15) is 0 Å². The van der Waals surface area contributed by atoms with Gasteiger partial charge in [0.05, 0.1) is 11.9 Å². The van der Waals surface area contributed by atoms with Gasteiger partial charge in [0, 0.05) is 35.2 Å². The van der Waals surface area contributed by atoms with Gasteiger partial charge in [-0.25, -0.2) is 0 Å². The normalized spacial score (nSPS) is 18.8. The number of thiophene rings is 1. The van der Waals surface area contributed by atoms with Crippen LogP contribution < -0.4 is 0 Å². The van der Waals surface area contributed by atoms with E-state index in [1.807, 2.05) is 4.90 Å². The van der Waals surface area contributed by atoms with Crippen molar-refractivity contribution in [3.63, 3.8) is 0 Å². The summed E-state index contributed by atoms with van der Waals surface area (Å²) in [6.07, 6.45) is 5.24. The topological polar surface area (TPSA) is 94.9 Å². The second-order valence-corrected chi connectivity index (χ2v) is 10.0. The van der Waals surface area contributed by atoms with Crippen LogP contribution >= 0.6 is 11.3 Å². The Kier molecular flexibility index (Phi) is 8.06. The number of hydrogen-bond acceptors (Lipinski definition) is 5. The molecule has 1 amide bonds. The Morgan fingerprint density at radius 1 is 1.27 bits per heavy atom. The van der Waals surface area contributed by atoms with Crippen molar-refractivity contribution in [3.05, 3.63) is 21.9 Å². The number of β-lactam (4-membered cyclic amide) rings is 1. The molecule has 1 aliphatic heterocycles. The zero-order valence-electron chi connectivity index (χ0n) is 15.3. The summed E-state index contributed by atoms with van der Waals surface area (Å²) in [5.41, 5.74) is 0. The zero-order chi connectivity index (χ0) is 19.2. The minimum absolute atomic E-state index is 0.163. The van der Waals surface area contributed by atoms with Crippen LogP contribution in [0.25, 0.3) is 0 Å². The largest absolute Gasteiger partial charge is 0.393 e. The Bertz CT molecular complexity index is 686. The molecule has 0 spiro atoms. The molecule has 1 fully saturated rings. The van der Waals surface area contributed by atoms with Crippen molar-refractivity contribution in [2.24, 2.45) is 0 Å². The van der Waals surface area contributed by atoms with E-state index < -0.39 is 10.1 Å². The molecule has 1 aromatic heterocycles. The molecule has 2 rings (SSSR count).